The van der Waals surface area contributed by atoms with Gasteiger partial charge in [-0.05, 0) is 26.8 Å². The van der Waals surface area contributed by atoms with E-state index >= 15 is 0 Å². The van der Waals surface area contributed by atoms with Gasteiger partial charge in [0.15, 0.2) is 0 Å². The van der Waals surface area contributed by atoms with Crippen molar-refractivity contribution in [1.82, 2.24) is 15.1 Å². The molecule has 0 bridgehead atoms. The minimum absolute atomic E-state index is 0.0297. The molecule has 0 radical (unpaired) electrons. The van der Waals surface area contributed by atoms with E-state index in [1.54, 1.807) is 0 Å². The number of nitrogens with two attached hydrogens (primary N) is 1. The molecular formula is C12H20N4O3. The van der Waals surface area contributed by atoms with E-state index in [1.165, 1.54) is 12.3 Å². The van der Waals surface area contributed by atoms with Gasteiger partial charge in [0.05, 0.1) is 12.8 Å². The van der Waals surface area contributed by atoms with Gasteiger partial charge in [-0.1, -0.05) is 0 Å². The maximum Gasteiger partial charge on any atom is 0.270 e. The Morgan fingerprint density at radius 1 is 1.58 bits per heavy atom. The smallest absolute Gasteiger partial charge is 0.270 e. The molecule has 1 aromatic rings. The first-order valence-electron chi connectivity index (χ1n) is 6.22. The van der Waals surface area contributed by atoms with Crippen LogP contribution in [0.15, 0.2) is 17.1 Å². The van der Waals surface area contributed by atoms with Crippen LogP contribution in [0.3, 0.4) is 0 Å². The molecule has 3 N–H and O–H groups in total. The summed E-state index contributed by atoms with van der Waals surface area (Å²) >= 11 is 0. The van der Waals surface area contributed by atoms with Crippen molar-refractivity contribution < 1.29 is 9.53 Å². The highest BCUT2D eigenvalue weighted by molar-refractivity contribution is 5.75. The Morgan fingerprint density at radius 3 is 2.89 bits per heavy atom. The highest BCUT2D eigenvalue weighted by atomic mass is 16.5. The molecule has 0 saturated heterocycles. The quantitative estimate of drug-likeness (QED) is 0.649. The van der Waals surface area contributed by atoms with Crippen LogP contribution in [0.4, 0.5) is 0 Å². The van der Waals surface area contributed by atoms with Gasteiger partial charge in [-0.2, -0.15) is 5.10 Å². The van der Waals surface area contributed by atoms with Gasteiger partial charge >= 0.3 is 0 Å². The minimum atomic E-state index is -0.371. The number of ether oxygens (including phenoxy) is 1. The van der Waals surface area contributed by atoms with Gasteiger partial charge in [0.1, 0.15) is 12.3 Å². The summed E-state index contributed by atoms with van der Waals surface area (Å²) in [6, 6.07) is 1.34. The van der Waals surface area contributed by atoms with Crippen molar-refractivity contribution in [3.63, 3.8) is 0 Å². The van der Waals surface area contributed by atoms with Gasteiger partial charge < -0.3 is 15.8 Å². The number of hydrogen-bond acceptors (Lipinski definition) is 5. The summed E-state index contributed by atoms with van der Waals surface area (Å²) in [5.74, 6) is 0.139. The number of hydrogen-bond donors (Lipinski definition) is 2. The van der Waals surface area contributed by atoms with E-state index in [9.17, 15) is 9.59 Å². The van der Waals surface area contributed by atoms with Gasteiger partial charge in [-0.15, -0.1) is 0 Å². The van der Waals surface area contributed by atoms with Crippen molar-refractivity contribution in [2.24, 2.45) is 5.73 Å². The third-order valence-corrected chi connectivity index (χ3v) is 2.20. The third-order valence-electron chi connectivity index (χ3n) is 2.20. The van der Waals surface area contributed by atoms with E-state index in [4.69, 9.17) is 10.5 Å². The molecule has 0 atom stereocenters. The maximum absolute atomic E-state index is 11.7. The van der Waals surface area contributed by atoms with Crippen molar-refractivity contribution in [2.45, 2.75) is 32.9 Å². The molecular weight excluding hydrogens is 248 g/mol. The van der Waals surface area contributed by atoms with Crippen molar-refractivity contribution in [3.8, 4) is 5.75 Å². The first-order chi connectivity index (χ1) is 9.02. The van der Waals surface area contributed by atoms with Gasteiger partial charge in [0.25, 0.3) is 5.56 Å². The molecule has 19 heavy (non-hydrogen) atoms. The zero-order valence-electron chi connectivity index (χ0n) is 11.3. The van der Waals surface area contributed by atoms with E-state index in [0.717, 1.165) is 4.68 Å². The normalized spacial score (nSPS) is 10.5. The predicted octanol–water partition coefficient (Wildman–Crippen LogP) is -0.504. The summed E-state index contributed by atoms with van der Waals surface area (Å²) in [5.41, 5.74) is 4.96. The first-order valence-corrected chi connectivity index (χ1v) is 6.22. The zero-order valence-corrected chi connectivity index (χ0v) is 11.3. The summed E-state index contributed by atoms with van der Waals surface area (Å²) in [4.78, 5) is 23.2. The molecule has 1 rings (SSSR count). The average molecular weight is 268 g/mol. The van der Waals surface area contributed by atoms with Crippen LogP contribution in [-0.2, 0) is 11.3 Å². The molecule has 0 aliphatic rings. The number of aromatic nitrogens is 2. The number of nitrogens with zero attached hydrogens (tertiary/aromatic N) is 2. The van der Waals surface area contributed by atoms with Gasteiger partial charge in [0, 0.05) is 12.1 Å². The van der Waals surface area contributed by atoms with Crippen LogP contribution in [0.1, 0.15) is 20.3 Å². The number of amides is 1. The lowest BCUT2D eigenvalue weighted by atomic mass is 10.4. The van der Waals surface area contributed by atoms with E-state index in [2.05, 4.69) is 10.4 Å². The minimum Gasteiger partial charge on any atom is -0.492 e. The number of carbonyl (C=O) groups is 1. The SMILES string of the molecule is CC(C)NC(=O)Cn1ncc(OCCCN)cc1=O. The summed E-state index contributed by atoms with van der Waals surface area (Å²) in [6.45, 7) is 4.57. The fourth-order valence-electron chi connectivity index (χ4n) is 1.39. The first kappa shape index (κ1) is 15.2. The fraction of sp³-hybridized carbons (Fsp3) is 0.583. The lowest BCUT2D eigenvalue weighted by Gasteiger charge is -2.09. The number of carbonyl (C=O) groups excluding carboxylic acids is 1. The molecule has 0 unspecified atom stereocenters. The molecule has 106 valence electrons. The molecule has 0 fully saturated rings. The Bertz CT molecular complexity index is 470. The molecule has 1 amide bonds. The molecule has 0 aliphatic carbocycles. The lowest BCUT2D eigenvalue weighted by molar-refractivity contribution is -0.122. The average Bonchev–Trinajstić information content (AvgIpc) is 2.32. The van der Waals surface area contributed by atoms with E-state index in [1.807, 2.05) is 13.8 Å². The van der Waals surface area contributed by atoms with Crippen LogP contribution < -0.4 is 21.3 Å². The Hall–Kier alpha value is -1.89. The van der Waals surface area contributed by atoms with Crippen molar-refractivity contribution >= 4 is 5.91 Å². The Balaban J connectivity index is 2.62. The van der Waals surface area contributed by atoms with Gasteiger partial charge in [0.2, 0.25) is 5.91 Å². The zero-order chi connectivity index (χ0) is 14.3. The van der Waals surface area contributed by atoms with Crippen molar-refractivity contribution in [1.29, 1.82) is 0 Å². The second-order valence-corrected chi connectivity index (χ2v) is 4.40. The van der Waals surface area contributed by atoms with Crippen molar-refractivity contribution in [3.05, 3.63) is 22.6 Å². The van der Waals surface area contributed by atoms with Gasteiger partial charge in [-0.25, -0.2) is 4.68 Å². The Labute approximate surface area is 111 Å². The van der Waals surface area contributed by atoms with Crippen LogP contribution in [0.2, 0.25) is 0 Å². The fourth-order valence-corrected chi connectivity index (χ4v) is 1.39. The largest absolute Gasteiger partial charge is 0.492 e. The molecule has 0 spiro atoms. The summed E-state index contributed by atoms with van der Waals surface area (Å²) in [7, 11) is 0. The van der Waals surface area contributed by atoms with Crippen LogP contribution in [0.25, 0.3) is 0 Å². The summed E-state index contributed by atoms with van der Waals surface area (Å²) < 4.78 is 6.39. The topological polar surface area (TPSA) is 99.2 Å². The predicted molar refractivity (Wildman–Crippen MR) is 70.9 cm³/mol. The van der Waals surface area contributed by atoms with Crippen LogP contribution in [-0.4, -0.2) is 34.9 Å². The molecule has 1 heterocycles. The maximum atomic E-state index is 11.7. The Kier molecular flexibility index (Phi) is 6.01. The van der Waals surface area contributed by atoms with Crippen molar-refractivity contribution in [2.75, 3.05) is 13.2 Å². The highest BCUT2D eigenvalue weighted by Crippen LogP contribution is 2.03. The lowest BCUT2D eigenvalue weighted by Crippen LogP contribution is -2.36. The van der Waals surface area contributed by atoms with E-state index in [-0.39, 0.29) is 24.1 Å². The second kappa shape index (κ2) is 7.52. The molecule has 0 aromatic carbocycles. The Morgan fingerprint density at radius 2 is 2.32 bits per heavy atom. The highest BCUT2D eigenvalue weighted by Gasteiger charge is 2.07. The van der Waals surface area contributed by atoms with Gasteiger partial charge in [-0.3, -0.25) is 9.59 Å². The summed E-state index contributed by atoms with van der Waals surface area (Å²) in [5, 5.41) is 6.58. The molecule has 7 heteroatoms. The molecule has 1 aromatic heterocycles. The van der Waals surface area contributed by atoms with Crippen LogP contribution >= 0.6 is 0 Å². The number of rotatable bonds is 7. The molecule has 0 saturated carbocycles. The van der Waals surface area contributed by atoms with Crippen LogP contribution in [0, 0.1) is 0 Å². The third kappa shape index (κ3) is 5.52. The monoisotopic (exact) mass is 268 g/mol. The van der Waals surface area contributed by atoms with E-state index < -0.39 is 0 Å². The summed E-state index contributed by atoms with van der Waals surface area (Å²) in [6.07, 6.45) is 2.13. The van der Waals surface area contributed by atoms with Crippen LogP contribution in [0.5, 0.6) is 5.75 Å². The standard InChI is InChI=1S/C12H20N4O3/c1-9(2)15-11(17)8-16-12(18)6-10(7-14-16)19-5-3-4-13/h6-7,9H,3-5,8,13H2,1-2H3,(H,15,17). The molecule has 7 nitrogen and oxygen atoms in total. The van der Waals surface area contributed by atoms with E-state index in [0.29, 0.717) is 25.3 Å². The molecule has 0 aliphatic heterocycles. The number of nitrogens with one attached hydrogen (secondary N) is 1. The second-order valence-electron chi connectivity index (χ2n) is 4.40.